The van der Waals surface area contributed by atoms with Crippen molar-refractivity contribution in [1.82, 2.24) is 10.2 Å². The van der Waals surface area contributed by atoms with Gasteiger partial charge in [-0.1, -0.05) is 6.07 Å². The van der Waals surface area contributed by atoms with Crippen molar-refractivity contribution in [1.29, 1.82) is 0 Å². The molecule has 1 aliphatic heterocycles. The van der Waals surface area contributed by atoms with Gasteiger partial charge in [0, 0.05) is 17.5 Å². The van der Waals surface area contributed by atoms with E-state index in [1.54, 1.807) is 0 Å². The Balaban J connectivity index is 1.37. The van der Waals surface area contributed by atoms with Crippen LogP contribution in [0.25, 0.3) is 0 Å². The van der Waals surface area contributed by atoms with E-state index in [1.165, 1.54) is 56.7 Å². The molecule has 2 aliphatic rings. The molecular formula is C14H22N2S. The highest BCUT2D eigenvalue weighted by Gasteiger charge is 2.24. The molecule has 1 aromatic rings. The molecule has 1 aliphatic carbocycles. The van der Waals surface area contributed by atoms with E-state index in [1.807, 2.05) is 11.3 Å². The second-order valence-electron chi connectivity index (χ2n) is 5.48. The van der Waals surface area contributed by atoms with Crippen LogP contribution in [0, 0.1) is 5.92 Å². The molecule has 1 aromatic heterocycles. The lowest BCUT2D eigenvalue weighted by atomic mass is 9.97. The van der Waals surface area contributed by atoms with Crippen LogP contribution in [0.5, 0.6) is 0 Å². The lowest BCUT2D eigenvalue weighted by Crippen LogP contribution is -2.37. The summed E-state index contributed by atoms with van der Waals surface area (Å²) >= 11 is 1.89. The van der Waals surface area contributed by atoms with E-state index in [4.69, 9.17) is 0 Å². The fraction of sp³-hybridized carbons (Fsp3) is 0.714. The third-order valence-electron chi connectivity index (χ3n) is 3.94. The minimum absolute atomic E-state index is 0.874. The molecule has 0 radical (unpaired) electrons. The van der Waals surface area contributed by atoms with Crippen LogP contribution in [0.2, 0.25) is 0 Å². The quantitative estimate of drug-likeness (QED) is 0.864. The Morgan fingerprint density at radius 2 is 2.06 bits per heavy atom. The monoisotopic (exact) mass is 250 g/mol. The summed E-state index contributed by atoms with van der Waals surface area (Å²) in [6.07, 6.45) is 5.59. The highest BCUT2D eigenvalue weighted by Crippen LogP contribution is 2.23. The first kappa shape index (κ1) is 11.7. The molecule has 0 amide bonds. The smallest absolute Gasteiger partial charge is 0.0327 e. The Kier molecular flexibility index (Phi) is 3.79. The number of hydrogen-bond donors (Lipinski definition) is 1. The summed E-state index contributed by atoms with van der Waals surface area (Å²) in [4.78, 5) is 4.12. The van der Waals surface area contributed by atoms with Gasteiger partial charge in [-0.05, 0) is 62.7 Å². The first-order valence-electron chi connectivity index (χ1n) is 6.88. The Hall–Kier alpha value is -0.380. The summed E-state index contributed by atoms with van der Waals surface area (Å²) in [5.74, 6) is 0.926. The van der Waals surface area contributed by atoms with Gasteiger partial charge in [-0.3, -0.25) is 4.90 Å². The van der Waals surface area contributed by atoms with Gasteiger partial charge in [-0.15, -0.1) is 11.3 Å². The summed E-state index contributed by atoms with van der Waals surface area (Å²) in [6.45, 7) is 5.00. The molecule has 1 saturated carbocycles. The van der Waals surface area contributed by atoms with E-state index in [0.717, 1.165) is 12.0 Å². The Morgan fingerprint density at radius 3 is 2.71 bits per heavy atom. The Bertz CT molecular complexity index is 324. The van der Waals surface area contributed by atoms with E-state index in [0.29, 0.717) is 0 Å². The summed E-state index contributed by atoms with van der Waals surface area (Å²) in [5, 5.41) is 5.85. The zero-order valence-corrected chi connectivity index (χ0v) is 11.2. The van der Waals surface area contributed by atoms with Crippen molar-refractivity contribution in [2.24, 2.45) is 5.92 Å². The van der Waals surface area contributed by atoms with Crippen LogP contribution >= 0.6 is 11.3 Å². The normalized spacial score (nSPS) is 23.1. The minimum Gasteiger partial charge on any atom is -0.314 e. The van der Waals surface area contributed by atoms with Crippen LogP contribution in [0.1, 0.15) is 30.6 Å². The van der Waals surface area contributed by atoms with Gasteiger partial charge >= 0.3 is 0 Å². The van der Waals surface area contributed by atoms with E-state index in [-0.39, 0.29) is 0 Å². The molecule has 94 valence electrons. The number of piperidine rings is 1. The van der Waals surface area contributed by atoms with Gasteiger partial charge in [0.2, 0.25) is 0 Å². The second kappa shape index (κ2) is 5.51. The van der Waals surface area contributed by atoms with Crippen molar-refractivity contribution < 1.29 is 0 Å². The number of thiophene rings is 1. The summed E-state index contributed by atoms with van der Waals surface area (Å²) < 4.78 is 0. The second-order valence-corrected chi connectivity index (χ2v) is 6.51. The van der Waals surface area contributed by atoms with Crippen molar-refractivity contribution in [3.63, 3.8) is 0 Å². The van der Waals surface area contributed by atoms with Gasteiger partial charge < -0.3 is 5.32 Å². The number of hydrogen-bond acceptors (Lipinski definition) is 3. The van der Waals surface area contributed by atoms with Gasteiger partial charge in [0.05, 0.1) is 0 Å². The summed E-state index contributed by atoms with van der Waals surface area (Å²) in [7, 11) is 0. The van der Waals surface area contributed by atoms with Crippen molar-refractivity contribution in [2.75, 3.05) is 19.6 Å². The van der Waals surface area contributed by atoms with E-state index < -0.39 is 0 Å². The zero-order chi connectivity index (χ0) is 11.5. The van der Waals surface area contributed by atoms with Crippen LogP contribution in [0.15, 0.2) is 17.5 Å². The van der Waals surface area contributed by atoms with Crippen LogP contribution in [0.3, 0.4) is 0 Å². The predicted molar refractivity (Wildman–Crippen MR) is 73.3 cm³/mol. The van der Waals surface area contributed by atoms with Crippen molar-refractivity contribution >= 4 is 11.3 Å². The van der Waals surface area contributed by atoms with Gasteiger partial charge in [0.1, 0.15) is 0 Å². The first-order chi connectivity index (χ1) is 8.40. The molecule has 2 nitrogen and oxygen atoms in total. The van der Waals surface area contributed by atoms with Crippen molar-refractivity contribution in [2.45, 2.75) is 38.3 Å². The highest BCUT2D eigenvalue weighted by molar-refractivity contribution is 7.09. The maximum atomic E-state index is 3.67. The van der Waals surface area contributed by atoms with Gasteiger partial charge in [-0.2, -0.15) is 0 Å². The molecule has 3 heteroatoms. The summed E-state index contributed by atoms with van der Waals surface area (Å²) in [5.41, 5.74) is 0. The maximum absolute atomic E-state index is 3.67. The van der Waals surface area contributed by atoms with Crippen LogP contribution in [0.4, 0.5) is 0 Å². The van der Waals surface area contributed by atoms with Crippen LogP contribution in [-0.2, 0) is 6.54 Å². The van der Waals surface area contributed by atoms with Crippen molar-refractivity contribution in [3.8, 4) is 0 Å². The fourth-order valence-electron chi connectivity index (χ4n) is 2.59. The van der Waals surface area contributed by atoms with Crippen molar-refractivity contribution in [3.05, 3.63) is 22.4 Å². The fourth-order valence-corrected chi connectivity index (χ4v) is 3.34. The molecule has 2 heterocycles. The lowest BCUT2D eigenvalue weighted by molar-refractivity contribution is 0.176. The molecular weight excluding hydrogens is 228 g/mol. The number of nitrogens with one attached hydrogen (secondary N) is 1. The molecule has 3 rings (SSSR count). The third-order valence-corrected chi connectivity index (χ3v) is 4.80. The maximum Gasteiger partial charge on any atom is 0.0327 e. The van der Waals surface area contributed by atoms with Gasteiger partial charge in [0.25, 0.3) is 0 Å². The largest absolute Gasteiger partial charge is 0.314 e. The SMILES string of the molecule is c1csc(CN2CCC(CNC3CC3)CC2)c1. The van der Waals surface area contributed by atoms with Crippen LogP contribution in [-0.4, -0.2) is 30.6 Å². The number of likely N-dealkylation sites (tertiary alicyclic amines) is 1. The molecule has 2 fully saturated rings. The predicted octanol–water partition coefficient (Wildman–Crippen LogP) is 2.71. The molecule has 1 N–H and O–H groups in total. The third kappa shape index (κ3) is 3.54. The van der Waals surface area contributed by atoms with E-state index in [2.05, 4.69) is 27.7 Å². The summed E-state index contributed by atoms with van der Waals surface area (Å²) in [6, 6.07) is 5.29. The van der Waals surface area contributed by atoms with Crippen LogP contribution < -0.4 is 5.32 Å². The van der Waals surface area contributed by atoms with E-state index >= 15 is 0 Å². The van der Waals surface area contributed by atoms with E-state index in [9.17, 15) is 0 Å². The highest BCUT2D eigenvalue weighted by atomic mass is 32.1. The standard InChI is InChI=1S/C14H22N2S/c1-2-14(17-9-1)11-16-7-5-12(6-8-16)10-15-13-3-4-13/h1-2,9,12-13,15H,3-8,10-11H2. The zero-order valence-electron chi connectivity index (χ0n) is 10.4. The Labute approximate surface area is 108 Å². The van der Waals surface area contributed by atoms with Gasteiger partial charge in [-0.25, -0.2) is 0 Å². The molecule has 17 heavy (non-hydrogen) atoms. The molecule has 0 atom stereocenters. The molecule has 0 spiro atoms. The molecule has 0 bridgehead atoms. The molecule has 1 saturated heterocycles. The first-order valence-corrected chi connectivity index (χ1v) is 7.76. The molecule has 0 aromatic carbocycles. The Morgan fingerprint density at radius 1 is 1.24 bits per heavy atom. The average Bonchev–Trinajstić information content (AvgIpc) is 3.05. The topological polar surface area (TPSA) is 15.3 Å². The number of rotatable bonds is 5. The lowest BCUT2D eigenvalue weighted by Gasteiger charge is -2.31. The average molecular weight is 250 g/mol. The molecule has 0 unspecified atom stereocenters. The number of nitrogens with zero attached hydrogens (tertiary/aromatic N) is 1. The van der Waals surface area contributed by atoms with Gasteiger partial charge in [0.15, 0.2) is 0 Å². The minimum atomic E-state index is 0.874.